The van der Waals surface area contributed by atoms with Crippen LogP contribution in [0.1, 0.15) is 27.1 Å². The van der Waals surface area contributed by atoms with Crippen LogP contribution in [0.3, 0.4) is 0 Å². The predicted molar refractivity (Wildman–Crippen MR) is 66.6 cm³/mol. The number of carbonyl (C=O) groups is 2. The molecule has 0 heterocycles. The van der Waals surface area contributed by atoms with Crippen molar-refractivity contribution < 1.29 is 19.1 Å². The van der Waals surface area contributed by atoms with E-state index in [0.717, 1.165) is 6.42 Å². The zero-order valence-electron chi connectivity index (χ0n) is 10.6. The highest BCUT2D eigenvalue weighted by Crippen LogP contribution is 2.05. The Labute approximate surface area is 106 Å². The third kappa shape index (κ3) is 4.18. The molecule has 0 radical (unpaired) electrons. The maximum Gasteiger partial charge on any atom is 0.337 e. The van der Waals surface area contributed by atoms with Crippen molar-refractivity contribution in [3.8, 4) is 0 Å². The van der Waals surface area contributed by atoms with E-state index >= 15 is 0 Å². The summed E-state index contributed by atoms with van der Waals surface area (Å²) in [6.07, 6.45) is 0.766. The number of benzene rings is 1. The van der Waals surface area contributed by atoms with Crippen molar-refractivity contribution in [1.82, 2.24) is 5.32 Å². The summed E-state index contributed by atoms with van der Waals surface area (Å²) in [5.41, 5.74) is 0.938. The lowest BCUT2D eigenvalue weighted by molar-refractivity contribution is 0.0600. The second kappa shape index (κ2) is 7.45. The van der Waals surface area contributed by atoms with Crippen molar-refractivity contribution in [2.45, 2.75) is 6.42 Å². The summed E-state index contributed by atoms with van der Waals surface area (Å²) in [6.45, 7) is 1.17. The minimum absolute atomic E-state index is 0.164. The zero-order valence-corrected chi connectivity index (χ0v) is 10.6. The van der Waals surface area contributed by atoms with E-state index in [1.165, 1.54) is 7.11 Å². The van der Waals surface area contributed by atoms with Crippen molar-refractivity contribution in [3.63, 3.8) is 0 Å². The molecule has 0 aromatic heterocycles. The molecule has 0 saturated carbocycles. The monoisotopic (exact) mass is 251 g/mol. The molecule has 0 spiro atoms. The van der Waals surface area contributed by atoms with Gasteiger partial charge in [-0.15, -0.1) is 0 Å². The average Bonchev–Trinajstić information content (AvgIpc) is 2.42. The van der Waals surface area contributed by atoms with Crippen molar-refractivity contribution in [1.29, 1.82) is 0 Å². The molecule has 1 rings (SSSR count). The van der Waals surface area contributed by atoms with E-state index in [-0.39, 0.29) is 5.91 Å². The first-order valence-corrected chi connectivity index (χ1v) is 5.64. The fourth-order valence-corrected chi connectivity index (χ4v) is 1.40. The van der Waals surface area contributed by atoms with Gasteiger partial charge in [-0.2, -0.15) is 0 Å². The number of amides is 1. The second-order valence-corrected chi connectivity index (χ2v) is 3.67. The van der Waals surface area contributed by atoms with E-state index in [9.17, 15) is 9.59 Å². The molecule has 1 aromatic rings. The minimum atomic E-state index is -0.415. The fraction of sp³-hybridized carbons (Fsp3) is 0.385. The fourth-order valence-electron chi connectivity index (χ4n) is 1.40. The Morgan fingerprint density at radius 2 is 1.72 bits per heavy atom. The maximum atomic E-state index is 11.7. The van der Waals surface area contributed by atoms with E-state index < -0.39 is 5.97 Å². The molecular formula is C13H17NO4. The molecule has 0 aliphatic rings. The Morgan fingerprint density at radius 3 is 2.28 bits per heavy atom. The average molecular weight is 251 g/mol. The molecule has 1 amide bonds. The topological polar surface area (TPSA) is 64.6 Å². The van der Waals surface area contributed by atoms with Crippen molar-refractivity contribution in [3.05, 3.63) is 35.4 Å². The Morgan fingerprint density at radius 1 is 1.11 bits per heavy atom. The van der Waals surface area contributed by atoms with Gasteiger partial charge in [-0.05, 0) is 30.7 Å². The smallest absolute Gasteiger partial charge is 0.337 e. The summed E-state index contributed by atoms with van der Waals surface area (Å²) in [4.78, 5) is 22.9. The summed E-state index contributed by atoms with van der Waals surface area (Å²) in [6, 6.07) is 6.32. The summed E-state index contributed by atoms with van der Waals surface area (Å²) in [7, 11) is 2.94. The Kier molecular flexibility index (Phi) is 5.87. The number of methoxy groups -OCH3 is 2. The summed E-state index contributed by atoms with van der Waals surface area (Å²) < 4.78 is 9.46. The van der Waals surface area contributed by atoms with Crippen LogP contribution in [0.15, 0.2) is 24.3 Å². The number of rotatable bonds is 6. The lowest BCUT2D eigenvalue weighted by atomic mass is 10.1. The molecule has 18 heavy (non-hydrogen) atoms. The molecule has 0 aliphatic carbocycles. The number of hydrogen-bond acceptors (Lipinski definition) is 4. The van der Waals surface area contributed by atoms with Gasteiger partial charge in [0.1, 0.15) is 0 Å². The van der Waals surface area contributed by atoms with Crippen molar-refractivity contribution in [2.75, 3.05) is 27.4 Å². The molecule has 0 bridgehead atoms. The second-order valence-electron chi connectivity index (χ2n) is 3.67. The van der Waals surface area contributed by atoms with Crippen LogP contribution in [-0.4, -0.2) is 39.2 Å². The normalized spacial score (nSPS) is 9.89. The standard InChI is InChI=1S/C13H17NO4/c1-17-9-3-8-14-12(15)10-4-6-11(7-5-10)13(16)18-2/h4-7H,3,8-9H2,1-2H3,(H,14,15). The van der Waals surface area contributed by atoms with Gasteiger partial charge in [0, 0.05) is 25.8 Å². The number of nitrogens with one attached hydrogen (secondary N) is 1. The summed E-state index contributed by atoms with van der Waals surface area (Å²) in [5.74, 6) is -0.579. The minimum Gasteiger partial charge on any atom is -0.465 e. The van der Waals surface area contributed by atoms with E-state index in [1.807, 2.05) is 0 Å². The number of esters is 1. The van der Waals surface area contributed by atoms with Gasteiger partial charge in [-0.25, -0.2) is 4.79 Å². The molecule has 0 unspecified atom stereocenters. The van der Waals surface area contributed by atoms with Gasteiger partial charge in [-0.1, -0.05) is 0 Å². The van der Waals surface area contributed by atoms with E-state index in [0.29, 0.717) is 24.3 Å². The van der Waals surface area contributed by atoms with Gasteiger partial charge in [0.05, 0.1) is 12.7 Å². The van der Waals surface area contributed by atoms with Crippen molar-refractivity contribution >= 4 is 11.9 Å². The Balaban J connectivity index is 2.51. The van der Waals surface area contributed by atoms with Crippen LogP contribution in [-0.2, 0) is 9.47 Å². The number of carbonyl (C=O) groups excluding carboxylic acids is 2. The van der Waals surface area contributed by atoms with E-state index in [2.05, 4.69) is 10.1 Å². The molecule has 1 aromatic carbocycles. The molecule has 98 valence electrons. The molecule has 0 atom stereocenters. The largest absolute Gasteiger partial charge is 0.465 e. The summed E-state index contributed by atoms with van der Waals surface area (Å²) >= 11 is 0. The van der Waals surface area contributed by atoms with Crippen LogP contribution in [0.5, 0.6) is 0 Å². The van der Waals surface area contributed by atoms with Crippen LogP contribution in [0.2, 0.25) is 0 Å². The van der Waals surface area contributed by atoms with Gasteiger partial charge >= 0.3 is 5.97 Å². The van der Waals surface area contributed by atoms with Crippen LogP contribution in [0, 0.1) is 0 Å². The van der Waals surface area contributed by atoms with Gasteiger partial charge in [-0.3, -0.25) is 4.79 Å². The molecular weight excluding hydrogens is 234 g/mol. The van der Waals surface area contributed by atoms with Crippen LogP contribution in [0.4, 0.5) is 0 Å². The first-order chi connectivity index (χ1) is 8.69. The lowest BCUT2D eigenvalue weighted by Crippen LogP contribution is -2.25. The quantitative estimate of drug-likeness (QED) is 0.610. The maximum absolute atomic E-state index is 11.7. The van der Waals surface area contributed by atoms with Crippen LogP contribution < -0.4 is 5.32 Å². The first kappa shape index (κ1) is 14.2. The van der Waals surface area contributed by atoms with Gasteiger partial charge in [0.15, 0.2) is 0 Å². The molecule has 0 saturated heterocycles. The molecule has 1 N–H and O–H groups in total. The van der Waals surface area contributed by atoms with Gasteiger partial charge in [0.2, 0.25) is 0 Å². The molecule has 0 aliphatic heterocycles. The van der Waals surface area contributed by atoms with E-state index in [1.54, 1.807) is 31.4 Å². The Hall–Kier alpha value is -1.88. The highest BCUT2D eigenvalue weighted by Gasteiger charge is 2.08. The van der Waals surface area contributed by atoms with Gasteiger partial charge in [0.25, 0.3) is 5.91 Å². The molecule has 0 fully saturated rings. The number of ether oxygens (including phenoxy) is 2. The number of hydrogen-bond donors (Lipinski definition) is 1. The molecule has 5 nitrogen and oxygen atoms in total. The predicted octanol–water partition coefficient (Wildman–Crippen LogP) is 1.24. The highest BCUT2D eigenvalue weighted by molar-refractivity contribution is 5.96. The zero-order chi connectivity index (χ0) is 13.4. The third-order valence-corrected chi connectivity index (χ3v) is 2.38. The van der Waals surface area contributed by atoms with Crippen molar-refractivity contribution in [2.24, 2.45) is 0 Å². The van der Waals surface area contributed by atoms with Crippen LogP contribution >= 0.6 is 0 Å². The SMILES string of the molecule is COCCCNC(=O)c1ccc(C(=O)OC)cc1. The van der Waals surface area contributed by atoms with Gasteiger partial charge < -0.3 is 14.8 Å². The first-order valence-electron chi connectivity index (χ1n) is 5.64. The lowest BCUT2D eigenvalue weighted by Gasteiger charge is -2.05. The molecule has 5 heteroatoms. The van der Waals surface area contributed by atoms with E-state index in [4.69, 9.17) is 4.74 Å². The highest BCUT2D eigenvalue weighted by atomic mass is 16.5. The summed E-state index contributed by atoms with van der Waals surface area (Å²) in [5, 5.41) is 2.76. The third-order valence-electron chi connectivity index (χ3n) is 2.38. The Bertz CT molecular complexity index is 400. The van der Waals surface area contributed by atoms with Crippen LogP contribution in [0.25, 0.3) is 0 Å².